The fraction of sp³-hybridized carbons (Fsp3) is 0.0667. The number of aromatic nitrogens is 2. The number of aromatic hydroxyl groups is 1. The van der Waals surface area contributed by atoms with E-state index in [1.165, 1.54) is 19.1 Å². The lowest BCUT2D eigenvalue weighted by Gasteiger charge is -2.10. The zero-order valence-corrected chi connectivity index (χ0v) is 13.7. The van der Waals surface area contributed by atoms with Crippen molar-refractivity contribution in [3.05, 3.63) is 30.5 Å². The van der Waals surface area contributed by atoms with Gasteiger partial charge in [-0.15, -0.1) is 10.2 Å². The monoisotopic (exact) mass is 356 g/mol. The Bertz CT molecular complexity index is 985. The summed E-state index contributed by atoms with van der Waals surface area (Å²) >= 11 is 1.15. The minimum atomic E-state index is -0.374. The van der Waals surface area contributed by atoms with Crippen molar-refractivity contribution < 1.29 is 14.7 Å². The first kappa shape index (κ1) is 16.5. The molecule has 2 heterocycles. The lowest BCUT2D eigenvalue weighted by atomic mass is 10.2. The maximum Gasteiger partial charge on any atom is 0.221 e. The van der Waals surface area contributed by atoms with Gasteiger partial charge in [-0.2, -0.15) is 4.37 Å². The summed E-state index contributed by atoms with van der Waals surface area (Å²) in [5.41, 5.74) is 1.13. The maximum atomic E-state index is 11.3. The normalized spacial score (nSPS) is 10.9. The summed E-state index contributed by atoms with van der Waals surface area (Å²) in [6.45, 7) is 1.30. The van der Waals surface area contributed by atoms with Gasteiger partial charge < -0.3 is 15.7 Å². The van der Waals surface area contributed by atoms with Crippen LogP contribution >= 0.6 is 11.5 Å². The van der Waals surface area contributed by atoms with Crippen LogP contribution in [0.5, 0.6) is 5.75 Å². The molecule has 2 amide bonds. The molecule has 3 aromatic rings. The van der Waals surface area contributed by atoms with Crippen LogP contribution < -0.4 is 10.6 Å². The Morgan fingerprint density at radius 2 is 2.12 bits per heavy atom. The van der Waals surface area contributed by atoms with E-state index in [-0.39, 0.29) is 23.0 Å². The fourth-order valence-corrected chi connectivity index (χ4v) is 2.74. The highest BCUT2D eigenvalue weighted by Crippen LogP contribution is 2.38. The standard InChI is InChI=1S/C15H12N6O3S/c1-8(23)18-12-6-9(5-11(13(12)24)17-7-22)19-20-15-10-3-2-4-16-14(10)21-25-15/h2-7,24H,1H3,(H,17,22)(H,18,23). The molecule has 0 atom stereocenters. The van der Waals surface area contributed by atoms with E-state index in [2.05, 4.69) is 30.2 Å². The molecule has 0 saturated heterocycles. The van der Waals surface area contributed by atoms with Gasteiger partial charge in [0, 0.05) is 13.1 Å². The smallest absolute Gasteiger partial charge is 0.221 e. The van der Waals surface area contributed by atoms with Crippen molar-refractivity contribution in [2.75, 3.05) is 10.6 Å². The van der Waals surface area contributed by atoms with Crippen LogP contribution in [0.25, 0.3) is 11.0 Å². The Morgan fingerprint density at radius 3 is 2.88 bits per heavy atom. The number of rotatable bonds is 5. The van der Waals surface area contributed by atoms with Gasteiger partial charge in [-0.25, -0.2) is 4.98 Å². The van der Waals surface area contributed by atoms with Crippen molar-refractivity contribution in [2.24, 2.45) is 10.2 Å². The third kappa shape index (κ3) is 3.58. The minimum Gasteiger partial charge on any atom is -0.504 e. The average Bonchev–Trinajstić information content (AvgIpc) is 3.00. The summed E-state index contributed by atoms with van der Waals surface area (Å²) in [4.78, 5) is 26.1. The zero-order valence-electron chi connectivity index (χ0n) is 12.9. The second-order valence-electron chi connectivity index (χ2n) is 4.90. The maximum absolute atomic E-state index is 11.3. The van der Waals surface area contributed by atoms with E-state index in [1.54, 1.807) is 12.3 Å². The number of fused-ring (bicyclic) bond motifs is 1. The van der Waals surface area contributed by atoms with E-state index in [0.29, 0.717) is 22.7 Å². The van der Waals surface area contributed by atoms with Gasteiger partial charge in [0.15, 0.2) is 16.4 Å². The SMILES string of the molecule is CC(=O)Nc1cc(N=Nc2snc3ncccc23)cc(NC=O)c1O. The summed E-state index contributed by atoms with van der Waals surface area (Å²) in [7, 11) is 0. The topological polar surface area (TPSA) is 129 Å². The number of carbonyl (C=O) groups is 2. The van der Waals surface area contributed by atoms with Gasteiger partial charge in [-0.3, -0.25) is 9.59 Å². The van der Waals surface area contributed by atoms with Crippen LogP contribution in [0.2, 0.25) is 0 Å². The quantitative estimate of drug-likeness (QED) is 0.367. The lowest BCUT2D eigenvalue weighted by molar-refractivity contribution is -0.114. The summed E-state index contributed by atoms with van der Waals surface area (Å²) in [5.74, 6) is -0.644. The number of phenols is 1. The molecule has 0 radical (unpaired) electrons. The van der Waals surface area contributed by atoms with Gasteiger partial charge in [-0.1, -0.05) is 0 Å². The first-order valence-corrected chi connectivity index (χ1v) is 7.82. The van der Waals surface area contributed by atoms with E-state index in [0.717, 1.165) is 16.9 Å². The van der Waals surface area contributed by atoms with Crippen molar-refractivity contribution in [3.8, 4) is 5.75 Å². The highest BCUT2D eigenvalue weighted by Gasteiger charge is 2.12. The molecule has 0 unspecified atom stereocenters. The van der Waals surface area contributed by atoms with Gasteiger partial charge in [0.1, 0.15) is 0 Å². The number of nitrogens with zero attached hydrogens (tertiary/aromatic N) is 4. The van der Waals surface area contributed by atoms with E-state index in [1.807, 2.05) is 6.07 Å². The molecule has 0 fully saturated rings. The van der Waals surface area contributed by atoms with Gasteiger partial charge in [0.05, 0.1) is 22.4 Å². The van der Waals surface area contributed by atoms with Crippen LogP contribution in [0.4, 0.5) is 22.1 Å². The lowest BCUT2D eigenvalue weighted by Crippen LogP contribution is -2.06. The molecule has 25 heavy (non-hydrogen) atoms. The second kappa shape index (κ2) is 7.01. The van der Waals surface area contributed by atoms with Crippen molar-refractivity contribution in [2.45, 2.75) is 6.92 Å². The molecule has 10 heteroatoms. The van der Waals surface area contributed by atoms with Crippen LogP contribution in [0.15, 0.2) is 40.7 Å². The number of carbonyl (C=O) groups excluding carboxylic acids is 2. The Kier molecular flexibility index (Phi) is 4.61. The van der Waals surface area contributed by atoms with Gasteiger partial charge in [-0.05, 0) is 35.8 Å². The molecule has 0 spiro atoms. The largest absolute Gasteiger partial charge is 0.504 e. The van der Waals surface area contributed by atoms with Crippen LogP contribution in [0.1, 0.15) is 6.92 Å². The van der Waals surface area contributed by atoms with Crippen LogP contribution in [-0.2, 0) is 9.59 Å². The van der Waals surface area contributed by atoms with E-state index < -0.39 is 0 Å². The Balaban J connectivity index is 1.99. The van der Waals surface area contributed by atoms with E-state index >= 15 is 0 Å². The number of hydrogen-bond donors (Lipinski definition) is 3. The second-order valence-corrected chi connectivity index (χ2v) is 5.65. The minimum absolute atomic E-state index is 0.103. The number of amides is 2. The number of azo groups is 1. The Hall–Kier alpha value is -3.40. The third-order valence-corrected chi connectivity index (χ3v) is 3.85. The molecule has 3 N–H and O–H groups in total. The van der Waals surface area contributed by atoms with Crippen molar-refractivity contribution >= 4 is 56.9 Å². The van der Waals surface area contributed by atoms with E-state index in [4.69, 9.17) is 0 Å². The molecule has 2 aromatic heterocycles. The number of hydrogen-bond acceptors (Lipinski definition) is 8. The zero-order chi connectivity index (χ0) is 17.8. The molecule has 0 saturated carbocycles. The highest BCUT2D eigenvalue weighted by atomic mass is 32.1. The van der Waals surface area contributed by atoms with Crippen molar-refractivity contribution in [3.63, 3.8) is 0 Å². The first-order chi connectivity index (χ1) is 12.1. The highest BCUT2D eigenvalue weighted by molar-refractivity contribution is 7.11. The summed E-state index contributed by atoms with van der Waals surface area (Å²) in [5, 5.41) is 24.5. The molecule has 3 rings (SSSR count). The number of pyridine rings is 1. The molecular formula is C15H12N6O3S. The number of benzene rings is 1. The number of nitrogens with one attached hydrogen (secondary N) is 2. The molecule has 1 aromatic carbocycles. The van der Waals surface area contributed by atoms with Crippen LogP contribution in [0.3, 0.4) is 0 Å². The average molecular weight is 356 g/mol. The molecule has 126 valence electrons. The predicted molar refractivity (Wildman–Crippen MR) is 93.7 cm³/mol. The number of anilines is 2. The van der Waals surface area contributed by atoms with Gasteiger partial charge in [0.25, 0.3) is 0 Å². The molecule has 0 aliphatic heterocycles. The summed E-state index contributed by atoms with van der Waals surface area (Å²) in [6, 6.07) is 6.48. The predicted octanol–water partition coefficient (Wildman–Crippen LogP) is 3.34. The summed E-state index contributed by atoms with van der Waals surface area (Å²) < 4.78 is 4.17. The summed E-state index contributed by atoms with van der Waals surface area (Å²) in [6.07, 6.45) is 2.05. The Morgan fingerprint density at radius 1 is 1.32 bits per heavy atom. The molecule has 9 nitrogen and oxygen atoms in total. The fourth-order valence-electron chi connectivity index (χ4n) is 2.08. The van der Waals surface area contributed by atoms with Crippen LogP contribution in [-0.4, -0.2) is 26.8 Å². The van der Waals surface area contributed by atoms with Crippen molar-refractivity contribution in [1.29, 1.82) is 0 Å². The first-order valence-electron chi connectivity index (χ1n) is 7.05. The van der Waals surface area contributed by atoms with Crippen LogP contribution in [0, 0.1) is 0 Å². The van der Waals surface area contributed by atoms with Gasteiger partial charge >= 0.3 is 0 Å². The molecular weight excluding hydrogens is 344 g/mol. The molecule has 0 bridgehead atoms. The van der Waals surface area contributed by atoms with E-state index in [9.17, 15) is 14.7 Å². The molecule has 0 aliphatic rings. The third-order valence-electron chi connectivity index (χ3n) is 3.11. The van der Waals surface area contributed by atoms with Gasteiger partial charge in [0.2, 0.25) is 12.3 Å². The van der Waals surface area contributed by atoms with Crippen molar-refractivity contribution in [1.82, 2.24) is 9.36 Å². The Labute approximate surface area is 145 Å². The number of phenolic OH excluding ortho intramolecular Hbond substituents is 1. The molecule has 0 aliphatic carbocycles.